The van der Waals surface area contributed by atoms with Crippen molar-refractivity contribution in [1.82, 2.24) is 5.32 Å². The fraction of sp³-hybridized carbons (Fsp3) is 0.231. The number of hydrogen-bond donors (Lipinski definition) is 1. The molecule has 5 nitrogen and oxygen atoms in total. The number of furan rings is 1. The van der Waals surface area contributed by atoms with E-state index < -0.39 is 0 Å². The second-order valence-electron chi connectivity index (χ2n) is 3.57. The van der Waals surface area contributed by atoms with Gasteiger partial charge in [0.05, 0.1) is 17.7 Å². The highest BCUT2D eigenvalue weighted by atomic mass is 32.1. The number of rotatable bonds is 4. The van der Waals surface area contributed by atoms with Crippen LogP contribution in [0, 0.1) is 0 Å². The van der Waals surface area contributed by atoms with Crippen LogP contribution in [-0.4, -0.2) is 18.5 Å². The van der Waals surface area contributed by atoms with Gasteiger partial charge in [-0.3, -0.25) is 10.1 Å². The molecule has 1 N–H and O–H groups in total. The molecule has 19 heavy (non-hydrogen) atoms. The van der Waals surface area contributed by atoms with E-state index in [0.29, 0.717) is 23.8 Å². The molecule has 0 saturated heterocycles. The lowest BCUT2D eigenvalue weighted by Crippen LogP contribution is -2.32. The Bertz CT molecular complexity index is 532. The Morgan fingerprint density at radius 1 is 1.47 bits per heavy atom. The second-order valence-corrected chi connectivity index (χ2v) is 4.51. The van der Waals surface area contributed by atoms with Crippen LogP contribution in [0.25, 0.3) is 0 Å². The maximum Gasteiger partial charge on any atom is 0.292 e. The maximum atomic E-state index is 11.9. The Morgan fingerprint density at radius 2 is 2.37 bits per heavy atom. The zero-order valence-electron chi connectivity index (χ0n) is 10.5. The van der Waals surface area contributed by atoms with Crippen LogP contribution in [0.2, 0.25) is 0 Å². The maximum absolute atomic E-state index is 11.9. The van der Waals surface area contributed by atoms with Crippen LogP contribution >= 0.6 is 11.3 Å². The summed E-state index contributed by atoms with van der Waals surface area (Å²) in [6.45, 7) is 2.59. The molecule has 0 radical (unpaired) electrons. The average molecular weight is 278 g/mol. The number of nitrogens with one attached hydrogen (secondary N) is 1. The molecule has 0 saturated carbocycles. The normalized spacial score (nSPS) is 11.3. The van der Waals surface area contributed by atoms with Gasteiger partial charge in [-0.2, -0.15) is 0 Å². The quantitative estimate of drug-likeness (QED) is 0.690. The second kappa shape index (κ2) is 6.75. The first-order valence-corrected chi connectivity index (χ1v) is 6.72. The van der Waals surface area contributed by atoms with Gasteiger partial charge in [0.15, 0.2) is 0 Å². The SMILES string of the molecule is CCOC(=NCc1ccco1)NC(=O)c1cccs1. The van der Waals surface area contributed by atoms with Crippen LogP contribution in [0.3, 0.4) is 0 Å². The van der Waals surface area contributed by atoms with Crippen LogP contribution in [0.4, 0.5) is 0 Å². The molecule has 0 unspecified atom stereocenters. The molecule has 1 amide bonds. The van der Waals surface area contributed by atoms with Crippen molar-refractivity contribution in [2.75, 3.05) is 6.61 Å². The van der Waals surface area contributed by atoms with E-state index in [1.54, 1.807) is 18.4 Å². The molecular formula is C13H14N2O3S. The number of amides is 1. The van der Waals surface area contributed by atoms with Crippen molar-refractivity contribution in [1.29, 1.82) is 0 Å². The largest absolute Gasteiger partial charge is 0.467 e. The summed E-state index contributed by atoms with van der Waals surface area (Å²) in [6, 6.07) is 7.37. The number of carbonyl (C=O) groups excluding carboxylic acids is 1. The van der Waals surface area contributed by atoms with Crippen molar-refractivity contribution < 1.29 is 13.9 Å². The molecule has 0 aromatic carbocycles. The predicted octanol–water partition coefficient (Wildman–Crippen LogP) is 2.66. The fourth-order valence-electron chi connectivity index (χ4n) is 1.38. The molecule has 0 aliphatic rings. The van der Waals surface area contributed by atoms with Crippen molar-refractivity contribution in [2.45, 2.75) is 13.5 Å². The van der Waals surface area contributed by atoms with Crippen LogP contribution in [0.1, 0.15) is 22.4 Å². The number of amidine groups is 1. The first-order chi connectivity index (χ1) is 9.29. The number of hydrogen-bond acceptors (Lipinski definition) is 5. The van der Waals surface area contributed by atoms with E-state index in [1.807, 2.05) is 24.4 Å². The summed E-state index contributed by atoms with van der Waals surface area (Å²) in [7, 11) is 0. The van der Waals surface area contributed by atoms with Crippen molar-refractivity contribution >= 4 is 23.3 Å². The first-order valence-electron chi connectivity index (χ1n) is 5.84. The zero-order valence-corrected chi connectivity index (χ0v) is 11.3. The summed E-state index contributed by atoms with van der Waals surface area (Å²) in [5.41, 5.74) is 0. The third-order valence-electron chi connectivity index (χ3n) is 2.21. The molecule has 6 heteroatoms. The Kier molecular flexibility index (Phi) is 4.74. The van der Waals surface area contributed by atoms with Crippen LogP contribution in [-0.2, 0) is 11.3 Å². The fourth-order valence-corrected chi connectivity index (χ4v) is 2.00. The Morgan fingerprint density at radius 3 is 3.00 bits per heavy atom. The minimum Gasteiger partial charge on any atom is -0.467 e. The molecule has 0 spiro atoms. The molecule has 2 rings (SSSR count). The molecule has 0 aliphatic heterocycles. The van der Waals surface area contributed by atoms with E-state index in [-0.39, 0.29) is 11.9 Å². The summed E-state index contributed by atoms with van der Waals surface area (Å²) in [5, 5.41) is 4.48. The number of nitrogens with zero attached hydrogens (tertiary/aromatic N) is 1. The van der Waals surface area contributed by atoms with Crippen LogP contribution in [0.15, 0.2) is 45.3 Å². The van der Waals surface area contributed by atoms with Crippen molar-refractivity contribution in [3.63, 3.8) is 0 Å². The molecular weight excluding hydrogens is 264 g/mol. The predicted molar refractivity (Wildman–Crippen MR) is 73.3 cm³/mol. The van der Waals surface area contributed by atoms with Crippen LogP contribution in [0.5, 0.6) is 0 Å². The third kappa shape index (κ3) is 3.96. The van der Waals surface area contributed by atoms with Gasteiger partial charge in [-0.15, -0.1) is 11.3 Å². The minimum atomic E-state index is -0.221. The van der Waals surface area contributed by atoms with E-state index in [0.717, 1.165) is 0 Å². The van der Waals surface area contributed by atoms with Gasteiger partial charge in [0.1, 0.15) is 12.3 Å². The van der Waals surface area contributed by atoms with Gasteiger partial charge in [0.25, 0.3) is 11.9 Å². The molecule has 100 valence electrons. The third-order valence-corrected chi connectivity index (χ3v) is 3.07. The molecule has 2 aromatic heterocycles. The van der Waals surface area contributed by atoms with Gasteiger partial charge in [-0.05, 0) is 30.5 Å². The first kappa shape index (κ1) is 13.4. The molecule has 0 aliphatic carbocycles. The summed E-state index contributed by atoms with van der Waals surface area (Å²) < 4.78 is 10.5. The molecule has 2 heterocycles. The molecule has 2 aromatic rings. The monoisotopic (exact) mass is 278 g/mol. The van der Waals surface area contributed by atoms with Crippen molar-refractivity contribution in [3.8, 4) is 0 Å². The highest BCUT2D eigenvalue weighted by Gasteiger charge is 2.10. The van der Waals surface area contributed by atoms with E-state index in [1.165, 1.54) is 11.3 Å². The lowest BCUT2D eigenvalue weighted by molar-refractivity contribution is 0.0970. The number of ether oxygens (including phenoxy) is 1. The molecule has 0 atom stereocenters. The lowest BCUT2D eigenvalue weighted by Gasteiger charge is -2.07. The highest BCUT2D eigenvalue weighted by Crippen LogP contribution is 2.08. The number of carbonyl (C=O) groups is 1. The minimum absolute atomic E-state index is 0.206. The van der Waals surface area contributed by atoms with E-state index >= 15 is 0 Å². The number of aliphatic imine (C=N–C) groups is 1. The standard InChI is InChI=1S/C13H14N2O3S/c1-2-17-13(14-9-10-5-3-7-18-10)15-12(16)11-6-4-8-19-11/h3-8H,2,9H2,1H3,(H,14,15,16). The van der Waals surface area contributed by atoms with Gasteiger partial charge in [-0.25, -0.2) is 4.99 Å². The average Bonchev–Trinajstić information content (AvgIpc) is 3.09. The summed E-state index contributed by atoms with van der Waals surface area (Å²) >= 11 is 1.37. The Hall–Kier alpha value is -2.08. The molecule has 0 bridgehead atoms. The van der Waals surface area contributed by atoms with Crippen molar-refractivity contribution in [2.24, 2.45) is 4.99 Å². The lowest BCUT2D eigenvalue weighted by atomic mass is 10.4. The zero-order chi connectivity index (χ0) is 13.5. The van der Waals surface area contributed by atoms with Gasteiger partial charge in [0, 0.05) is 0 Å². The van der Waals surface area contributed by atoms with E-state index in [4.69, 9.17) is 9.15 Å². The van der Waals surface area contributed by atoms with Crippen LogP contribution < -0.4 is 5.32 Å². The summed E-state index contributed by atoms with van der Waals surface area (Å²) in [6.07, 6.45) is 1.58. The molecule has 0 fully saturated rings. The smallest absolute Gasteiger partial charge is 0.292 e. The van der Waals surface area contributed by atoms with Gasteiger partial charge in [0.2, 0.25) is 0 Å². The topological polar surface area (TPSA) is 63.8 Å². The van der Waals surface area contributed by atoms with Gasteiger partial charge in [-0.1, -0.05) is 6.07 Å². The number of thiophene rings is 1. The Labute approximate surface area is 114 Å². The van der Waals surface area contributed by atoms with Gasteiger partial charge < -0.3 is 9.15 Å². The highest BCUT2D eigenvalue weighted by molar-refractivity contribution is 7.12. The summed E-state index contributed by atoms with van der Waals surface area (Å²) in [4.78, 5) is 16.7. The van der Waals surface area contributed by atoms with E-state index in [9.17, 15) is 4.79 Å². The van der Waals surface area contributed by atoms with E-state index in [2.05, 4.69) is 10.3 Å². The summed E-state index contributed by atoms with van der Waals surface area (Å²) in [5.74, 6) is 0.490. The Balaban J connectivity index is 1.99. The van der Waals surface area contributed by atoms with Crippen molar-refractivity contribution in [3.05, 3.63) is 46.5 Å². The van der Waals surface area contributed by atoms with Gasteiger partial charge >= 0.3 is 0 Å².